The van der Waals surface area contributed by atoms with Crippen LogP contribution in [0, 0.1) is 13.8 Å². The fraction of sp³-hybridized carbons (Fsp3) is 0.333. The smallest absolute Gasteiger partial charge is 0.268 e. The Balaban J connectivity index is 2.25. The molecule has 0 radical (unpaired) electrons. The van der Waals surface area contributed by atoms with Crippen molar-refractivity contribution in [2.75, 3.05) is 0 Å². The SMILES string of the molecule is CC[C@H](NC(=O)c1[nH]c(C)c(C(C)=O)c1C)c1ccc(Br)cc1. The average Bonchev–Trinajstić information content (AvgIpc) is 2.80. The third-order valence-corrected chi connectivity index (χ3v) is 4.53. The fourth-order valence-corrected chi connectivity index (χ4v) is 3.12. The lowest BCUT2D eigenvalue weighted by Gasteiger charge is -2.17. The van der Waals surface area contributed by atoms with Crippen LogP contribution in [0.15, 0.2) is 28.7 Å². The summed E-state index contributed by atoms with van der Waals surface area (Å²) in [6.07, 6.45) is 0.783. The molecule has 5 heteroatoms. The summed E-state index contributed by atoms with van der Waals surface area (Å²) in [5.74, 6) is -0.219. The Hall–Kier alpha value is -1.88. The van der Waals surface area contributed by atoms with Crippen LogP contribution >= 0.6 is 15.9 Å². The van der Waals surface area contributed by atoms with Gasteiger partial charge in [-0.15, -0.1) is 0 Å². The van der Waals surface area contributed by atoms with E-state index in [0.717, 1.165) is 22.2 Å². The minimum Gasteiger partial charge on any atom is -0.354 e. The number of carbonyl (C=O) groups is 2. The predicted molar refractivity (Wildman–Crippen MR) is 94.9 cm³/mol. The van der Waals surface area contributed by atoms with Gasteiger partial charge in [0.15, 0.2) is 5.78 Å². The average molecular weight is 377 g/mol. The van der Waals surface area contributed by atoms with Crippen LogP contribution in [0.5, 0.6) is 0 Å². The van der Waals surface area contributed by atoms with Crippen LogP contribution in [0.4, 0.5) is 0 Å². The van der Waals surface area contributed by atoms with Crippen molar-refractivity contribution in [1.29, 1.82) is 0 Å². The van der Waals surface area contributed by atoms with E-state index in [4.69, 9.17) is 0 Å². The predicted octanol–water partition coefficient (Wildman–Crippen LogP) is 4.48. The van der Waals surface area contributed by atoms with Gasteiger partial charge in [-0.1, -0.05) is 35.0 Å². The monoisotopic (exact) mass is 376 g/mol. The molecule has 0 unspecified atom stereocenters. The van der Waals surface area contributed by atoms with Gasteiger partial charge in [0.05, 0.1) is 6.04 Å². The first kappa shape index (κ1) is 17.5. The first-order chi connectivity index (χ1) is 10.8. The third-order valence-electron chi connectivity index (χ3n) is 4.00. The van der Waals surface area contributed by atoms with E-state index >= 15 is 0 Å². The number of aromatic amines is 1. The molecule has 1 amide bonds. The number of H-pyrrole nitrogens is 1. The molecule has 2 aromatic rings. The molecule has 122 valence electrons. The zero-order chi connectivity index (χ0) is 17.1. The molecule has 0 fully saturated rings. The summed E-state index contributed by atoms with van der Waals surface area (Å²) >= 11 is 3.41. The van der Waals surface area contributed by atoms with E-state index in [1.807, 2.05) is 38.1 Å². The number of aryl methyl sites for hydroxylation is 1. The molecule has 2 N–H and O–H groups in total. The van der Waals surface area contributed by atoms with Gasteiger partial charge in [-0.3, -0.25) is 9.59 Å². The molecule has 23 heavy (non-hydrogen) atoms. The lowest BCUT2D eigenvalue weighted by molar-refractivity contribution is 0.0930. The van der Waals surface area contributed by atoms with Crippen LogP contribution in [-0.4, -0.2) is 16.7 Å². The Morgan fingerprint density at radius 3 is 2.30 bits per heavy atom. The molecule has 1 atom stereocenters. The molecule has 0 aliphatic heterocycles. The number of benzene rings is 1. The molecule has 1 aromatic heterocycles. The fourth-order valence-electron chi connectivity index (χ4n) is 2.85. The first-order valence-electron chi connectivity index (χ1n) is 7.61. The van der Waals surface area contributed by atoms with Crippen molar-refractivity contribution in [3.8, 4) is 0 Å². The van der Waals surface area contributed by atoms with E-state index in [1.165, 1.54) is 6.92 Å². The number of ketones is 1. The standard InChI is InChI=1S/C18H21BrN2O2/c1-5-15(13-6-8-14(19)9-7-13)21-18(23)17-10(2)16(12(4)22)11(3)20-17/h6-9,15,20H,5H2,1-4H3,(H,21,23)/t15-/m0/s1. The number of hydrogen-bond acceptors (Lipinski definition) is 2. The van der Waals surface area contributed by atoms with Crippen LogP contribution in [0.25, 0.3) is 0 Å². The highest BCUT2D eigenvalue weighted by Crippen LogP contribution is 2.22. The zero-order valence-electron chi connectivity index (χ0n) is 13.8. The van der Waals surface area contributed by atoms with Crippen LogP contribution in [-0.2, 0) is 0 Å². The van der Waals surface area contributed by atoms with Crippen molar-refractivity contribution in [3.63, 3.8) is 0 Å². The molecule has 2 rings (SSSR count). The first-order valence-corrected chi connectivity index (χ1v) is 8.40. The molecule has 0 saturated heterocycles. The number of rotatable bonds is 5. The van der Waals surface area contributed by atoms with Crippen molar-refractivity contribution in [1.82, 2.24) is 10.3 Å². The van der Waals surface area contributed by atoms with Crippen molar-refractivity contribution < 1.29 is 9.59 Å². The number of Topliss-reactive ketones (excluding diaryl/α,β-unsaturated/α-hetero) is 1. The second-order valence-electron chi connectivity index (χ2n) is 5.67. The Labute approximate surface area is 144 Å². The summed E-state index contributed by atoms with van der Waals surface area (Å²) in [5, 5.41) is 3.04. The largest absolute Gasteiger partial charge is 0.354 e. The van der Waals surface area contributed by atoms with Gasteiger partial charge in [0, 0.05) is 15.7 Å². The van der Waals surface area contributed by atoms with Gasteiger partial charge >= 0.3 is 0 Å². The van der Waals surface area contributed by atoms with Crippen molar-refractivity contribution >= 4 is 27.6 Å². The summed E-state index contributed by atoms with van der Waals surface area (Å²) < 4.78 is 1.00. The summed E-state index contributed by atoms with van der Waals surface area (Å²) in [5.41, 5.74) is 3.56. The maximum Gasteiger partial charge on any atom is 0.268 e. The number of hydrogen-bond donors (Lipinski definition) is 2. The summed E-state index contributed by atoms with van der Waals surface area (Å²) in [6, 6.07) is 7.84. The summed E-state index contributed by atoms with van der Waals surface area (Å²) in [6.45, 7) is 7.16. The molecule has 1 aromatic carbocycles. The Morgan fingerprint density at radius 1 is 1.22 bits per heavy atom. The molecule has 0 bridgehead atoms. The summed E-state index contributed by atoms with van der Waals surface area (Å²) in [4.78, 5) is 27.3. The van der Waals surface area contributed by atoms with Crippen LogP contribution in [0.2, 0.25) is 0 Å². The van der Waals surface area contributed by atoms with Gasteiger partial charge in [0.25, 0.3) is 5.91 Å². The molecule has 0 aliphatic carbocycles. The summed E-state index contributed by atoms with van der Waals surface area (Å²) in [7, 11) is 0. The van der Waals surface area contributed by atoms with Crippen molar-refractivity contribution in [2.24, 2.45) is 0 Å². The van der Waals surface area contributed by atoms with Gasteiger partial charge in [-0.05, 0) is 50.5 Å². The van der Waals surface area contributed by atoms with Crippen LogP contribution < -0.4 is 5.32 Å². The van der Waals surface area contributed by atoms with E-state index in [2.05, 4.69) is 26.2 Å². The van der Waals surface area contributed by atoms with Crippen LogP contribution in [0.3, 0.4) is 0 Å². The number of carbonyl (C=O) groups excluding carboxylic acids is 2. The molecule has 0 spiro atoms. The molecular weight excluding hydrogens is 356 g/mol. The highest BCUT2D eigenvalue weighted by atomic mass is 79.9. The van der Waals surface area contributed by atoms with E-state index in [1.54, 1.807) is 6.92 Å². The molecule has 4 nitrogen and oxygen atoms in total. The van der Waals surface area contributed by atoms with E-state index in [-0.39, 0.29) is 17.7 Å². The molecule has 0 aliphatic rings. The van der Waals surface area contributed by atoms with E-state index in [0.29, 0.717) is 16.8 Å². The van der Waals surface area contributed by atoms with Gasteiger partial charge in [-0.25, -0.2) is 0 Å². The maximum atomic E-state index is 12.6. The van der Waals surface area contributed by atoms with Crippen molar-refractivity contribution in [3.05, 3.63) is 56.8 Å². The van der Waals surface area contributed by atoms with Gasteiger partial charge in [0.1, 0.15) is 5.69 Å². The zero-order valence-corrected chi connectivity index (χ0v) is 15.4. The minimum absolute atomic E-state index is 0.0322. The Bertz CT molecular complexity index is 732. The number of amides is 1. The quantitative estimate of drug-likeness (QED) is 0.755. The Morgan fingerprint density at radius 2 is 1.83 bits per heavy atom. The van der Waals surface area contributed by atoms with Gasteiger partial charge < -0.3 is 10.3 Å². The highest BCUT2D eigenvalue weighted by Gasteiger charge is 2.21. The number of nitrogens with one attached hydrogen (secondary N) is 2. The second-order valence-corrected chi connectivity index (χ2v) is 6.58. The molecular formula is C18H21BrN2O2. The van der Waals surface area contributed by atoms with Crippen molar-refractivity contribution in [2.45, 2.75) is 40.2 Å². The lowest BCUT2D eigenvalue weighted by Crippen LogP contribution is -2.29. The molecule has 1 heterocycles. The van der Waals surface area contributed by atoms with Gasteiger partial charge in [-0.2, -0.15) is 0 Å². The minimum atomic E-state index is -0.187. The third kappa shape index (κ3) is 3.72. The Kier molecular flexibility index (Phi) is 5.42. The normalized spacial score (nSPS) is 12.0. The van der Waals surface area contributed by atoms with E-state index < -0.39 is 0 Å². The number of aromatic nitrogens is 1. The topological polar surface area (TPSA) is 62.0 Å². The maximum absolute atomic E-state index is 12.6. The van der Waals surface area contributed by atoms with Crippen LogP contribution in [0.1, 0.15) is 64.0 Å². The molecule has 0 saturated carbocycles. The lowest BCUT2D eigenvalue weighted by atomic mass is 10.0. The van der Waals surface area contributed by atoms with Gasteiger partial charge in [0.2, 0.25) is 0 Å². The number of halogens is 1. The second kappa shape index (κ2) is 7.13. The van der Waals surface area contributed by atoms with E-state index in [9.17, 15) is 9.59 Å². The highest BCUT2D eigenvalue weighted by molar-refractivity contribution is 9.10.